The maximum atomic E-state index is 11.6. The van der Waals surface area contributed by atoms with E-state index in [0.717, 1.165) is 23.2 Å². The lowest BCUT2D eigenvalue weighted by Gasteiger charge is -2.05. The van der Waals surface area contributed by atoms with Gasteiger partial charge in [-0.25, -0.2) is 0 Å². The number of anilines is 1. The summed E-state index contributed by atoms with van der Waals surface area (Å²) in [5, 5.41) is 2.85. The van der Waals surface area contributed by atoms with Gasteiger partial charge >= 0.3 is 0 Å². The quantitative estimate of drug-likeness (QED) is 0.601. The third-order valence-corrected chi connectivity index (χ3v) is 2.30. The Balaban J connectivity index is 2.49. The van der Waals surface area contributed by atoms with Crippen LogP contribution in [-0.2, 0) is 11.3 Å². The highest BCUT2D eigenvalue weighted by atomic mass is 16.1. The fourth-order valence-corrected chi connectivity index (χ4v) is 1.36. The minimum atomic E-state index is -0.0151. The Bertz CT molecular complexity index is 379. The molecule has 0 saturated heterocycles. The van der Waals surface area contributed by atoms with Crippen molar-refractivity contribution in [3.63, 3.8) is 0 Å². The summed E-state index contributed by atoms with van der Waals surface area (Å²) in [7, 11) is 0. The van der Waals surface area contributed by atoms with Gasteiger partial charge in [0.1, 0.15) is 0 Å². The number of hydrogen-bond acceptors (Lipinski definition) is 2. The van der Waals surface area contributed by atoms with Crippen LogP contribution in [0.3, 0.4) is 0 Å². The van der Waals surface area contributed by atoms with E-state index in [1.165, 1.54) is 0 Å². The van der Waals surface area contributed by atoms with Crippen LogP contribution in [0.5, 0.6) is 0 Å². The molecule has 3 nitrogen and oxygen atoms in total. The van der Waals surface area contributed by atoms with Gasteiger partial charge in [-0.05, 0) is 31.0 Å². The van der Waals surface area contributed by atoms with Crippen molar-refractivity contribution in [2.75, 3.05) is 5.73 Å². The number of allylic oxidation sites excluding steroid dienone is 1. The molecule has 1 rings (SSSR count). The number of nitrogens with one attached hydrogen (secondary N) is 1. The number of nitrogen functional groups attached to an aromatic ring is 1. The molecule has 16 heavy (non-hydrogen) atoms. The monoisotopic (exact) mass is 218 g/mol. The van der Waals surface area contributed by atoms with Crippen LogP contribution in [0, 0.1) is 0 Å². The van der Waals surface area contributed by atoms with Crippen molar-refractivity contribution < 1.29 is 4.79 Å². The molecule has 1 aromatic rings. The second-order valence-corrected chi connectivity index (χ2v) is 3.72. The van der Waals surface area contributed by atoms with E-state index < -0.39 is 0 Å². The van der Waals surface area contributed by atoms with Crippen molar-refractivity contribution in [1.82, 2.24) is 5.32 Å². The van der Waals surface area contributed by atoms with Gasteiger partial charge < -0.3 is 11.1 Å². The normalized spacial score (nSPS) is 11.2. The summed E-state index contributed by atoms with van der Waals surface area (Å²) in [5.74, 6) is -0.0151. The van der Waals surface area contributed by atoms with Gasteiger partial charge in [0.2, 0.25) is 5.91 Å². The average Bonchev–Trinajstić information content (AvgIpc) is 2.28. The molecule has 86 valence electrons. The molecule has 3 heteroatoms. The van der Waals surface area contributed by atoms with E-state index in [4.69, 9.17) is 5.73 Å². The fraction of sp³-hybridized carbons (Fsp3) is 0.308. The zero-order chi connectivity index (χ0) is 12.0. The summed E-state index contributed by atoms with van der Waals surface area (Å²) in [6.45, 7) is 4.37. The van der Waals surface area contributed by atoms with Crippen molar-refractivity contribution in [2.45, 2.75) is 26.8 Å². The highest BCUT2D eigenvalue weighted by Gasteiger charge is 2.02. The predicted molar refractivity (Wildman–Crippen MR) is 66.7 cm³/mol. The van der Waals surface area contributed by atoms with Crippen molar-refractivity contribution in [1.29, 1.82) is 0 Å². The molecular formula is C13H18N2O. The van der Waals surface area contributed by atoms with Gasteiger partial charge in [-0.1, -0.05) is 25.1 Å². The molecule has 3 N–H and O–H groups in total. The smallest absolute Gasteiger partial charge is 0.246 e. The van der Waals surface area contributed by atoms with Gasteiger partial charge in [-0.15, -0.1) is 0 Å². The van der Waals surface area contributed by atoms with E-state index in [1.54, 1.807) is 0 Å². The molecule has 1 aromatic carbocycles. The van der Waals surface area contributed by atoms with Crippen molar-refractivity contribution in [3.8, 4) is 0 Å². The Morgan fingerprint density at radius 3 is 2.56 bits per heavy atom. The van der Waals surface area contributed by atoms with Gasteiger partial charge in [0.25, 0.3) is 0 Å². The van der Waals surface area contributed by atoms with Crippen molar-refractivity contribution in [2.24, 2.45) is 0 Å². The first-order valence-corrected chi connectivity index (χ1v) is 5.43. The molecular weight excluding hydrogens is 200 g/mol. The molecule has 0 heterocycles. The molecule has 0 radical (unpaired) electrons. The van der Waals surface area contributed by atoms with Crippen LogP contribution in [-0.4, -0.2) is 5.91 Å². The fourth-order valence-electron chi connectivity index (χ4n) is 1.36. The summed E-state index contributed by atoms with van der Waals surface area (Å²) in [5.41, 5.74) is 8.12. The third kappa shape index (κ3) is 3.77. The molecule has 0 saturated carbocycles. The number of carbonyl (C=O) groups is 1. The van der Waals surface area contributed by atoms with Gasteiger partial charge in [0, 0.05) is 17.8 Å². The Morgan fingerprint density at radius 1 is 1.38 bits per heavy atom. The van der Waals surface area contributed by atoms with Gasteiger partial charge in [-0.2, -0.15) is 0 Å². The van der Waals surface area contributed by atoms with Crippen molar-refractivity contribution >= 4 is 11.6 Å². The van der Waals surface area contributed by atoms with Crippen LogP contribution in [0.2, 0.25) is 0 Å². The highest BCUT2D eigenvalue weighted by molar-refractivity contribution is 5.92. The molecule has 0 bridgehead atoms. The number of hydrogen-bond donors (Lipinski definition) is 2. The topological polar surface area (TPSA) is 55.1 Å². The second-order valence-electron chi connectivity index (χ2n) is 3.72. The Labute approximate surface area is 96.3 Å². The predicted octanol–water partition coefficient (Wildman–Crippen LogP) is 2.24. The molecule has 0 aliphatic heterocycles. The van der Waals surface area contributed by atoms with Crippen LogP contribution < -0.4 is 11.1 Å². The number of rotatable bonds is 4. The van der Waals surface area contributed by atoms with E-state index >= 15 is 0 Å². The minimum Gasteiger partial charge on any atom is -0.399 e. The number of nitrogens with two attached hydrogens (primary N) is 1. The lowest BCUT2D eigenvalue weighted by atomic mass is 10.2. The van der Waals surface area contributed by atoms with Crippen LogP contribution in [0.1, 0.15) is 25.8 Å². The van der Waals surface area contributed by atoms with Crippen LogP contribution in [0.25, 0.3) is 0 Å². The van der Waals surface area contributed by atoms with Gasteiger partial charge in [-0.3, -0.25) is 4.79 Å². The lowest BCUT2D eigenvalue weighted by molar-refractivity contribution is -0.117. The Kier molecular flexibility index (Phi) is 4.58. The Hall–Kier alpha value is -1.77. The third-order valence-electron chi connectivity index (χ3n) is 2.30. The van der Waals surface area contributed by atoms with E-state index in [0.29, 0.717) is 6.54 Å². The largest absolute Gasteiger partial charge is 0.399 e. The summed E-state index contributed by atoms with van der Waals surface area (Å²) in [6, 6.07) is 7.48. The molecule has 0 unspecified atom stereocenters. The van der Waals surface area contributed by atoms with Crippen LogP contribution in [0.4, 0.5) is 5.69 Å². The number of benzene rings is 1. The van der Waals surface area contributed by atoms with Gasteiger partial charge in [0.05, 0.1) is 0 Å². The van der Waals surface area contributed by atoms with Crippen LogP contribution >= 0.6 is 0 Å². The standard InChI is InChI=1S/C13H18N2O/c1-3-4-10(2)13(16)15-9-11-5-7-12(14)8-6-11/h4-8H,3,9,14H2,1-2H3,(H,15,16)/b10-4-. The average molecular weight is 218 g/mol. The molecule has 1 amide bonds. The van der Waals surface area contributed by atoms with Gasteiger partial charge in [0.15, 0.2) is 0 Å². The molecule has 0 atom stereocenters. The molecule has 0 spiro atoms. The number of amides is 1. The zero-order valence-electron chi connectivity index (χ0n) is 9.79. The summed E-state index contributed by atoms with van der Waals surface area (Å²) < 4.78 is 0. The van der Waals surface area contributed by atoms with Crippen LogP contribution in [0.15, 0.2) is 35.9 Å². The molecule has 0 aromatic heterocycles. The maximum Gasteiger partial charge on any atom is 0.246 e. The molecule has 0 aliphatic carbocycles. The Morgan fingerprint density at radius 2 is 2.00 bits per heavy atom. The summed E-state index contributed by atoms with van der Waals surface area (Å²) in [6.07, 6.45) is 2.79. The minimum absolute atomic E-state index is 0.0151. The van der Waals surface area contributed by atoms with Crippen molar-refractivity contribution in [3.05, 3.63) is 41.5 Å². The molecule has 0 aliphatic rings. The first-order chi connectivity index (χ1) is 7.63. The lowest BCUT2D eigenvalue weighted by Crippen LogP contribution is -2.23. The number of carbonyl (C=O) groups excluding carboxylic acids is 1. The first-order valence-electron chi connectivity index (χ1n) is 5.43. The van der Waals surface area contributed by atoms with E-state index in [2.05, 4.69) is 5.32 Å². The molecule has 0 fully saturated rings. The highest BCUT2D eigenvalue weighted by Crippen LogP contribution is 2.05. The summed E-state index contributed by atoms with van der Waals surface area (Å²) >= 11 is 0. The van der Waals surface area contributed by atoms with E-state index in [1.807, 2.05) is 44.2 Å². The van der Waals surface area contributed by atoms with E-state index in [-0.39, 0.29) is 5.91 Å². The summed E-state index contributed by atoms with van der Waals surface area (Å²) in [4.78, 5) is 11.6. The zero-order valence-corrected chi connectivity index (χ0v) is 9.79. The second kappa shape index (κ2) is 5.95. The maximum absolute atomic E-state index is 11.6. The van der Waals surface area contributed by atoms with E-state index in [9.17, 15) is 4.79 Å². The first kappa shape index (κ1) is 12.3. The SMILES string of the molecule is CC/C=C(/C)C(=O)NCc1ccc(N)cc1.